The topological polar surface area (TPSA) is 22.1 Å². The molecule has 0 N–H and O–H groups in total. The molecular weight excluding hydrogens is 229 g/mol. The highest BCUT2D eigenvalue weighted by Gasteiger charge is 2.04. The summed E-state index contributed by atoms with van der Waals surface area (Å²) in [6.07, 6.45) is 0. The average molecular weight is 238 g/mol. The first-order valence-corrected chi connectivity index (χ1v) is 5.09. The van der Waals surface area contributed by atoms with Gasteiger partial charge in [-0.2, -0.15) is 9.37 Å². The fraction of sp³-hybridized carbons (Fsp3) is 0.0833. The summed E-state index contributed by atoms with van der Waals surface area (Å²) in [4.78, 5) is 3.58. The lowest BCUT2D eigenvalue weighted by Crippen LogP contribution is -1.90. The number of nitrogens with zero attached hydrogens (tertiary/aromatic N) is 1. The Morgan fingerprint density at radius 2 is 2.06 bits per heavy atom. The second kappa shape index (κ2) is 4.49. The van der Waals surface area contributed by atoms with Crippen molar-refractivity contribution in [1.29, 1.82) is 0 Å². The third-order valence-corrected chi connectivity index (χ3v) is 2.29. The Kier molecular flexibility index (Phi) is 3.06. The van der Waals surface area contributed by atoms with Gasteiger partial charge in [0.15, 0.2) is 0 Å². The van der Waals surface area contributed by atoms with E-state index in [0.29, 0.717) is 10.8 Å². The van der Waals surface area contributed by atoms with Crippen LogP contribution in [-0.2, 0) is 0 Å². The Bertz CT molecular complexity index is 516. The molecule has 0 aliphatic rings. The van der Waals surface area contributed by atoms with Crippen molar-refractivity contribution in [3.8, 4) is 11.6 Å². The Morgan fingerprint density at radius 1 is 1.25 bits per heavy atom. The molecule has 4 heteroatoms. The molecule has 1 aromatic carbocycles. The number of ether oxygens (including phenoxy) is 1. The van der Waals surface area contributed by atoms with Crippen LogP contribution in [0.5, 0.6) is 11.6 Å². The molecule has 0 aliphatic carbocycles. The minimum absolute atomic E-state index is 0.186. The van der Waals surface area contributed by atoms with Gasteiger partial charge in [-0.15, -0.1) is 0 Å². The molecule has 0 radical (unpaired) electrons. The van der Waals surface area contributed by atoms with E-state index in [2.05, 4.69) is 4.98 Å². The van der Waals surface area contributed by atoms with Crippen LogP contribution in [0, 0.1) is 12.9 Å². The molecule has 0 aliphatic heterocycles. The number of aryl methyl sites for hydroxylation is 1. The minimum atomic E-state index is -0.583. The van der Waals surface area contributed by atoms with Crippen molar-refractivity contribution in [2.45, 2.75) is 6.92 Å². The van der Waals surface area contributed by atoms with E-state index in [9.17, 15) is 4.39 Å². The zero-order valence-corrected chi connectivity index (χ0v) is 9.33. The zero-order chi connectivity index (χ0) is 11.5. The monoisotopic (exact) mass is 237 g/mol. The van der Waals surface area contributed by atoms with E-state index in [-0.39, 0.29) is 5.88 Å². The van der Waals surface area contributed by atoms with E-state index in [1.807, 2.05) is 13.0 Å². The molecule has 0 fully saturated rings. The van der Waals surface area contributed by atoms with Gasteiger partial charge >= 0.3 is 0 Å². The molecule has 82 valence electrons. The number of rotatable bonds is 2. The lowest BCUT2D eigenvalue weighted by molar-refractivity contribution is 0.445. The summed E-state index contributed by atoms with van der Waals surface area (Å²) in [5.41, 5.74) is 1.03. The lowest BCUT2D eigenvalue weighted by atomic mass is 10.2. The van der Waals surface area contributed by atoms with Crippen LogP contribution in [0.1, 0.15) is 5.56 Å². The summed E-state index contributed by atoms with van der Waals surface area (Å²) in [6.45, 7) is 1.93. The van der Waals surface area contributed by atoms with E-state index in [0.717, 1.165) is 5.56 Å². The summed E-state index contributed by atoms with van der Waals surface area (Å²) >= 11 is 5.97. The van der Waals surface area contributed by atoms with E-state index in [4.69, 9.17) is 16.3 Å². The summed E-state index contributed by atoms with van der Waals surface area (Å²) in [7, 11) is 0. The largest absolute Gasteiger partial charge is 0.437 e. The summed E-state index contributed by atoms with van der Waals surface area (Å²) in [5.74, 6) is 0.0665. The Balaban J connectivity index is 2.27. The molecular formula is C12H9ClFNO. The number of pyridine rings is 1. The fourth-order valence-corrected chi connectivity index (χ4v) is 1.52. The third kappa shape index (κ3) is 2.49. The maximum atomic E-state index is 12.8. The van der Waals surface area contributed by atoms with Crippen LogP contribution in [0.4, 0.5) is 4.39 Å². The summed E-state index contributed by atoms with van der Waals surface area (Å²) < 4.78 is 18.2. The van der Waals surface area contributed by atoms with Gasteiger partial charge in [0.2, 0.25) is 11.8 Å². The molecule has 1 heterocycles. The standard InChI is InChI=1S/C12H9ClFNO/c1-8-5-6-10(9(13)7-8)16-12-4-2-3-11(14)15-12/h2-7H,1H3. The van der Waals surface area contributed by atoms with Crippen LogP contribution < -0.4 is 4.74 Å². The number of aromatic nitrogens is 1. The van der Waals surface area contributed by atoms with Gasteiger partial charge in [-0.05, 0) is 30.7 Å². The van der Waals surface area contributed by atoms with Crippen LogP contribution in [-0.4, -0.2) is 4.98 Å². The molecule has 0 amide bonds. The highest BCUT2D eigenvalue weighted by Crippen LogP contribution is 2.28. The van der Waals surface area contributed by atoms with Gasteiger partial charge < -0.3 is 4.74 Å². The molecule has 0 spiro atoms. The van der Waals surface area contributed by atoms with Gasteiger partial charge in [-0.25, -0.2) is 0 Å². The first-order chi connectivity index (χ1) is 7.65. The van der Waals surface area contributed by atoms with Gasteiger partial charge in [0.05, 0.1) is 5.02 Å². The van der Waals surface area contributed by atoms with Gasteiger partial charge in [0.1, 0.15) is 5.75 Å². The molecule has 0 atom stereocenters. The van der Waals surface area contributed by atoms with Crippen molar-refractivity contribution in [2.24, 2.45) is 0 Å². The van der Waals surface area contributed by atoms with E-state index in [1.54, 1.807) is 18.2 Å². The van der Waals surface area contributed by atoms with Crippen molar-refractivity contribution >= 4 is 11.6 Å². The quantitative estimate of drug-likeness (QED) is 0.738. The highest BCUT2D eigenvalue weighted by molar-refractivity contribution is 6.32. The maximum absolute atomic E-state index is 12.8. The first kappa shape index (κ1) is 10.9. The molecule has 0 saturated carbocycles. The van der Waals surface area contributed by atoms with Crippen molar-refractivity contribution in [1.82, 2.24) is 4.98 Å². The van der Waals surface area contributed by atoms with Crippen LogP contribution in [0.15, 0.2) is 36.4 Å². The highest BCUT2D eigenvalue weighted by atomic mass is 35.5. The van der Waals surface area contributed by atoms with Gasteiger partial charge in [-0.1, -0.05) is 23.7 Å². The van der Waals surface area contributed by atoms with Crippen molar-refractivity contribution in [2.75, 3.05) is 0 Å². The second-order valence-corrected chi connectivity index (χ2v) is 3.74. The van der Waals surface area contributed by atoms with Gasteiger partial charge in [0, 0.05) is 6.07 Å². The van der Waals surface area contributed by atoms with E-state index in [1.165, 1.54) is 12.1 Å². The predicted molar refractivity (Wildman–Crippen MR) is 60.5 cm³/mol. The molecule has 0 bridgehead atoms. The van der Waals surface area contributed by atoms with Gasteiger partial charge in [0.25, 0.3) is 0 Å². The smallest absolute Gasteiger partial charge is 0.221 e. The zero-order valence-electron chi connectivity index (χ0n) is 8.58. The SMILES string of the molecule is Cc1ccc(Oc2cccc(F)n2)c(Cl)c1. The molecule has 0 saturated heterocycles. The summed E-state index contributed by atoms with van der Waals surface area (Å²) in [5, 5.41) is 0.478. The van der Waals surface area contributed by atoms with Crippen LogP contribution >= 0.6 is 11.6 Å². The maximum Gasteiger partial charge on any atom is 0.221 e. The molecule has 16 heavy (non-hydrogen) atoms. The number of halogens is 2. The van der Waals surface area contributed by atoms with E-state index >= 15 is 0 Å². The fourth-order valence-electron chi connectivity index (χ4n) is 1.25. The number of hydrogen-bond acceptors (Lipinski definition) is 2. The molecule has 2 rings (SSSR count). The molecule has 1 aromatic heterocycles. The Labute approximate surface area is 97.7 Å². The predicted octanol–water partition coefficient (Wildman–Crippen LogP) is 3.97. The van der Waals surface area contributed by atoms with E-state index < -0.39 is 5.95 Å². The van der Waals surface area contributed by atoms with Crippen molar-refractivity contribution < 1.29 is 9.13 Å². The number of hydrogen-bond donors (Lipinski definition) is 0. The third-order valence-electron chi connectivity index (χ3n) is 1.99. The molecule has 2 nitrogen and oxygen atoms in total. The Hall–Kier alpha value is -1.61. The van der Waals surface area contributed by atoms with Crippen LogP contribution in [0.25, 0.3) is 0 Å². The van der Waals surface area contributed by atoms with Crippen molar-refractivity contribution in [3.63, 3.8) is 0 Å². The normalized spacial score (nSPS) is 10.2. The number of benzene rings is 1. The molecule has 0 unspecified atom stereocenters. The minimum Gasteiger partial charge on any atom is -0.437 e. The molecule has 2 aromatic rings. The van der Waals surface area contributed by atoms with Gasteiger partial charge in [-0.3, -0.25) is 0 Å². The second-order valence-electron chi connectivity index (χ2n) is 3.33. The lowest BCUT2D eigenvalue weighted by Gasteiger charge is -2.06. The Morgan fingerprint density at radius 3 is 2.75 bits per heavy atom. The van der Waals surface area contributed by atoms with Crippen molar-refractivity contribution in [3.05, 3.63) is 52.9 Å². The summed E-state index contributed by atoms with van der Waals surface area (Å²) in [6, 6.07) is 9.71. The van der Waals surface area contributed by atoms with Crippen LogP contribution in [0.2, 0.25) is 5.02 Å². The average Bonchev–Trinajstić information content (AvgIpc) is 2.22. The first-order valence-electron chi connectivity index (χ1n) is 4.72. The van der Waals surface area contributed by atoms with Crippen LogP contribution in [0.3, 0.4) is 0 Å².